The van der Waals surface area contributed by atoms with Crippen LogP contribution >= 0.6 is 12.0 Å². The molecule has 0 radical (unpaired) electrons. The largest absolute Gasteiger partial charge is 0.394 e. The van der Waals surface area contributed by atoms with E-state index in [1.807, 2.05) is 0 Å². The molecule has 2 atom stereocenters. The van der Waals surface area contributed by atoms with Crippen molar-refractivity contribution in [3.05, 3.63) is 0 Å². The van der Waals surface area contributed by atoms with Gasteiger partial charge in [-0.25, -0.2) is 4.79 Å². The third kappa shape index (κ3) is 5.36. The van der Waals surface area contributed by atoms with E-state index in [0.717, 1.165) is 0 Å². The lowest BCUT2D eigenvalue weighted by molar-refractivity contribution is -0.141. The number of aliphatic hydroxyl groups is 3. The van der Waals surface area contributed by atoms with Crippen molar-refractivity contribution in [3.8, 4) is 0 Å². The van der Waals surface area contributed by atoms with Gasteiger partial charge in [-0.15, -0.1) is 0 Å². The van der Waals surface area contributed by atoms with Gasteiger partial charge in [0.15, 0.2) is 0 Å². The molecule has 0 bridgehead atoms. The third-order valence-electron chi connectivity index (χ3n) is 0.953. The average molecular weight is 196 g/mol. The summed E-state index contributed by atoms with van der Waals surface area (Å²) in [4.78, 5) is 10.6. The van der Waals surface area contributed by atoms with Gasteiger partial charge < -0.3 is 19.5 Å². The Labute approximate surface area is 74.6 Å². The zero-order valence-electron chi connectivity index (χ0n) is 6.64. The van der Waals surface area contributed by atoms with Crippen molar-refractivity contribution >= 4 is 18.0 Å². The molecule has 0 heterocycles. The fraction of sp³-hybridized carbons (Fsp3) is 0.833. The Morgan fingerprint density at radius 2 is 2.17 bits per heavy atom. The smallest absolute Gasteiger partial charge is 0.346 e. The number of carbonyl (C=O) groups is 1. The Kier molecular flexibility index (Phi) is 6.09. The summed E-state index contributed by atoms with van der Waals surface area (Å²) in [6.45, 7) is 0.907. The Morgan fingerprint density at radius 3 is 2.58 bits per heavy atom. The molecular weight excluding hydrogens is 184 g/mol. The van der Waals surface area contributed by atoms with Crippen molar-refractivity contribution in [3.63, 3.8) is 0 Å². The highest BCUT2D eigenvalue weighted by Crippen LogP contribution is 2.06. The van der Waals surface area contributed by atoms with Gasteiger partial charge in [-0.1, -0.05) is 0 Å². The van der Waals surface area contributed by atoms with E-state index in [1.54, 1.807) is 0 Å². The predicted molar refractivity (Wildman–Crippen MR) is 43.3 cm³/mol. The third-order valence-corrected chi connectivity index (χ3v) is 1.76. The van der Waals surface area contributed by atoms with Crippen LogP contribution in [0.5, 0.6) is 0 Å². The monoisotopic (exact) mass is 196 g/mol. The molecule has 72 valence electrons. The minimum atomic E-state index is -1.16. The Morgan fingerprint density at radius 1 is 1.58 bits per heavy atom. The van der Waals surface area contributed by atoms with Gasteiger partial charge in [-0.05, 0) is 6.92 Å². The number of hydrogen-bond acceptors (Lipinski definition) is 6. The Balaban J connectivity index is 3.37. The molecule has 0 rings (SSSR count). The first kappa shape index (κ1) is 11.7. The van der Waals surface area contributed by atoms with E-state index < -0.39 is 18.2 Å². The lowest BCUT2D eigenvalue weighted by Gasteiger charge is -2.06. The van der Waals surface area contributed by atoms with Gasteiger partial charge in [-0.3, -0.25) is 0 Å². The van der Waals surface area contributed by atoms with Gasteiger partial charge in [-0.2, -0.15) is 0 Å². The summed E-state index contributed by atoms with van der Waals surface area (Å²) < 4.78 is 4.43. The molecule has 12 heavy (non-hydrogen) atoms. The van der Waals surface area contributed by atoms with E-state index in [2.05, 4.69) is 4.18 Å². The first-order chi connectivity index (χ1) is 5.57. The molecule has 0 saturated carbocycles. The second-order valence-corrected chi connectivity index (χ2v) is 2.93. The molecule has 0 aromatic heterocycles. The van der Waals surface area contributed by atoms with Crippen LogP contribution in [0.3, 0.4) is 0 Å². The van der Waals surface area contributed by atoms with Crippen molar-refractivity contribution in [2.75, 3.05) is 12.4 Å². The van der Waals surface area contributed by atoms with Gasteiger partial charge in [0.25, 0.3) is 0 Å². The van der Waals surface area contributed by atoms with Crippen molar-refractivity contribution in [1.29, 1.82) is 0 Å². The molecule has 2 unspecified atom stereocenters. The van der Waals surface area contributed by atoms with Gasteiger partial charge >= 0.3 is 5.97 Å². The van der Waals surface area contributed by atoms with Crippen LogP contribution in [-0.4, -0.2) is 45.9 Å². The van der Waals surface area contributed by atoms with E-state index in [1.165, 1.54) is 6.92 Å². The maximum absolute atomic E-state index is 10.6. The minimum absolute atomic E-state index is 0.0922. The Hall–Kier alpha value is -0.300. The summed E-state index contributed by atoms with van der Waals surface area (Å²) in [6, 6.07) is 0. The zero-order valence-corrected chi connectivity index (χ0v) is 7.45. The van der Waals surface area contributed by atoms with Gasteiger partial charge in [0.05, 0.1) is 30.5 Å². The van der Waals surface area contributed by atoms with Crippen molar-refractivity contribution < 1.29 is 24.3 Å². The molecule has 0 fully saturated rings. The molecule has 0 spiro atoms. The molecular formula is C6H12O5S. The van der Waals surface area contributed by atoms with E-state index in [-0.39, 0.29) is 12.4 Å². The molecule has 0 aliphatic heterocycles. The van der Waals surface area contributed by atoms with Crippen LogP contribution < -0.4 is 0 Å². The van der Waals surface area contributed by atoms with Crippen LogP contribution in [0.1, 0.15) is 6.92 Å². The van der Waals surface area contributed by atoms with Crippen molar-refractivity contribution in [1.82, 2.24) is 0 Å². The van der Waals surface area contributed by atoms with Crippen LogP contribution in [0.25, 0.3) is 0 Å². The van der Waals surface area contributed by atoms with Crippen LogP contribution in [0.2, 0.25) is 0 Å². The standard InChI is InChI=1S/C6H12O5S/c1-4(8)6(10)11-12-3-5(9)2-7/h4-5,7-9H,2-3H2,1H3. The summed E-state index contributed by atoms with van der Waals surface area (Å²) in [5, 5.41) is 25.8. The molecule has 0 saturated heterocycles. The van der Waals surface area contributed by atoms with Crippen LogP contribution in [0, 0.1) is 0 Å². The lowest BCUT2D eigenvalue weighted by atomic mass is 10.4. The number of carbonyl (C=O) groups excluding carboxylic acids is 1. The van der Waals surface area contributed by atoms with Crippen LogP contribution in [-0.2, 0) is 8.98 Å². The SMILES string of the molecule is CC(O)C(=O)OSCC(O)CO. The Bertz CT molecular complexity index is 138. The summed E-state index contributed by atoms with van der Waals surface area (Å²) in [6.07, 6.45) is -2.07. The van der Waals surface area contributed by atoms with Gasteiger partial charge in [0, 0.05) is 0 Å². The highest BCUT2D eigenvalue weighted by molar-refractivity contribution is 7.95. The lowest BCUT2D eigenvalue weighted by Crippen LogP contribution is -2.19. The molecule has 0 aromatic carbocycles. The maximum atomic E-state index is 10.6. The highest BCUT2D eigenvalue weighted by atomic mass is 32.2. The summed E-state index contributed by atoms with van der Waals surface area (Å²) in [5.74, 6) is -0.667. The van der Waals surface area contributed by atoms with Crippen molar-refractivity contribution in [2.24, 2.45) is 0 Å². The zero-order chi connectivity index (χ0) is 9.56. The fourth-order valence-corrected chi connectivity index (χ4v) is 0.879. The van der Waals surface area contributed by atoms with Crippen LogP contribution in [0.4, 0.5) is 0 Å². The fourth-order valence-electron chi connectivity index (χ4n) is 0.293. The van der Waals surface area contributed by atoms with E-state index in [9.17, 15) is 4.79 Å². The summed E-state index contributed by atoms with van der Waals surface area (Å²) in [5.41, 5.74) is 0. The first-order valence-electron chi connectivity index (χ1n) is 3.38. The first-order valence-corrected chi connectivity index (χ1v) is 4.29. The molecule has 0 aliphatic carbocycles. The average Bonchev–Trinajstić information content (AvgIpc) is 2.03. The van der Waals surface area contributed by atoms with E-state index in [4.69, 9.17) is 15.3 Å². The van der Waals surface area contributed by atoms with Gasteiger partial charge in [0.1, 0.15) is 6.10 Å². The van der Waals surface area contributed by atoms with E-state index >= 15 is 0 Å². The number of aliphatic hydroxyl groups excluding tert-OH is 3. The quantitative estimate of drug-likeness (QED) is 0.484. The molecule has 3 N–H and O–H groups in total. The number of rotatable bonds is 5. The normalized spacial score (nSPS) is 15.3. The highest BCUT2D eigenvalue weighted by Gasteiger charge is 2.11. The van der Waals surface area contributed by atoms with E-state index in [0.29, 0.717) is 12.0 Å². The summed E-state index contributed by atoms with van der Waals surface area (Å²) in [7, 11) is 0. The molecule has 0 aliphatic rings. The minimum Gasteiger partial charge on any atom is -0.394 e. The predicted octanol–water partition coefficient (Wildman–Crippen LogP) is -1.09. The second-order valence-electron chi connectivity index (χ2n) is 2.20. The number of hydrogen-bond donors (Lipinski definition) is 3. The molecule has 5 nitrogen and oxygen atoms in total. The van der Waals surface area contributed by atoms with Gasteiger partial charge in [0.2, 0.25) is 0 Å². The summed E-state index contributed by atoms with van der Waals surface area (Å²) >= 11 is 0.703. The topological polar surface area (TPSA) is 87.0 Å². The second kappa shape index (κ2) is 6.24. The molecule has 6 heteroatoms. The maximum Gasteiger partial charge on any atom is 0.346 e. The van der Waals surface area contributed by atoms with Crippen LogP contribution in [0.15, 0.2) is 0 Å². The molecule has 0 amide bonds. The van der Waals surface area contributed by atoms with Crippen molar-refractivity contribution in [2.45, 2.75) is 19.1 Å². The molecule has 0 aromatic rings.